The molecule has 2 heterocycles. The molecule has 6 heteroatoms. The summed E-state index contributed by atoms with van der Waals surface area (Å²) in [7, 11) is 0. The Bertz CT molecular complexity index is 705. The van der Waals surface area contributed by atoms with Crippen LogP contribution in [0.25, 0.3) is 0 Å². The lowest BCUT2D eigenvalue weighted by molar-refractivity contribution is 0.0941. The lowest BCUT2D eigenvalue weighted by atomic mass is 10.1. The van der Waals surface area contributed by atoms with Gasteiger partial charge >= 0.3 is 0 Å². The quantitative estimate of drug-likeness (QED) is 0.881. The molecule has 1 N–H and O–H groups in total. The zero-order chi connectivity index (χ0) is 16.9. The summed E-state index contributed by atoms with van der Waals surface area (Å²) in [4.78, 5) is 12.1. The van der Waals surface area contributed by atoms with Crippen molar-refractivity contribution in [1.82, 2.24) is 10.5 Å². The third-order valence-corrected chi connectivity index (χ3v) is 4.02. The largest absolute Gasteiger partial charge is 0.493 e. The first kappa shape index (κ1) is 16.5. The summed E-state index contributed by atoms with van der Waals surface area (Å²) in [5, 5.41) is 6.57. The molecule has 0 saturated carbocycles. The van der Waals surface area contributed by atoms with Gasteiger partial charge in [0.15, 0.2) is 5.69 Å². The van der Waals surface area contributed by atoms with Crippen molar-refractivity contribution in [1.29, 1.82) is 0 Å². The Morgan fingerprint density at radius 2 is 2.25 bits per heavy atom. The zero-order valence-corrected chi connectivity index (χ0v) is 14.0. The summed E-state index contributed by atoms with van der Waals surface area (Å²) in [6.07, 6.45) is 1.03. The number of carbonyl (C=O) groups excluding carboxylic acids is 1. The fourth-order valence-corrected chi connectivity index (χ4v) is 2.60. The number of carbonyl (C=O) groups is 1. The van der Waals surface area contributed by atoms with Gasteiger partial charge in [-0.1, -0.05) is 17.3 Å². The Morgan fingerprint density at radius 3 is 2.96 bits per heavy atom. The van der Waals surface area contributed by atoms with Gasteiger partial charge in [0.1, 0.15) is 11.5 Å². The lowest BCUT2D eigenvalue weighted by Crippen LogP contribution is -2.23. The number of ether oxygens (including phenoxy) is 2. The van der Waals surface area contributed by atoms with Gasteiger partial charge in [-0.15, -0.1) is 0 Å². The second-order valence-corrected chi connectivity index (χ2v) is 6.16. The van der Waals surface area contributed by atoms with E-state index in [-0.39, 0.29) is 11.6 Å². The molecule has 1 unspecified atom stereocenters. The number of hydrogen-bond donors (Lipinski definition) is 1. The van der Waals surface area contributed by atoms with E-state index in [1.165, 1.54) is 0 Å². The molecule has 3 rings (SSSR count). The maximum atomic E-state index is 12.1. The molecule has 1 aromatic carbocycles. The Morgan fingerprint density at radius 1 is 1.38 bits per heavy atom. The van der Waals surface area contributed by atoms with Gasteiger partial charge in [-0.05, 0) is 31.9 Å². The zero-order valence-electron chi connectivity index (χ0n) is 14.0. The number of rotatable bonds is 6. The van der Waals surface area contributed by atoms with E-state index in [4.69, 9.17) is 14.0 Å². The second-order valence-electron chi connectivity index (χ2n) is 6.16. The van der Waals surface area contributed by atoms with Crippen molar-refractivity contribution < 1.29 is 18.8 Å². The summed E-state index contributed by atoms with van der Waals surface area (Å²) in [5.41, 5.74) is 2.34. The van der Waals surface area contributed by atoms with E-state index in [0.29, 0.717) is 24.8 Å². The van der Waals surface area contributed by atoms with E-state index in [9.17, 15) is 4.79 Å². The highest BCUT2D eigenvalue weighted by Gasteiger charge is 2.17. The topological polar surface area (TPSA) is 73.6 Å². The highest BCUT2D eigenvalue weighted by atomic mass is 16.5. The van der Waals surface area contributed by atoms with Crippen LogP contribution in [0.2, 0.25) is 0 Å². The van der Waals surface area contributed by atoms with Crippen molar-refractivity contribution in [2.24, 2.45) is 5.92 Å². The Labute approximate surface area is 141 Å². The minimum atomic E-state index is -0.262. The molecule has 1 saturated heterocycles. The third-order valence-electron chi connectivity index (χ3n) is 4.02. The van der Waals surface area contributed by atoms with Crippen molar-refractivity contribution in [3.05, 3.63) is 46.8 Å². The molecule has 128 valence electrons. The fourth-order valence-electron chi connectivity index (χ4n) is 2.60. The molecular weight excluding hydrogens is 308 g/mol. The molecule has 2 aromatic rings. The number of benzene rings is 1. The van der Waals surface area contributed by atoms with Crippen molar-refractivity contribution in [2.75, 3.05) is 19.8 Å². The Balaban J connectivity index is 1.62. The molecule has 6 nitrogen and oxygen atoms in total. The molecule has 1 fully saturated rings. The van der Waals surface area contributed by atoms with Gasteiger partial charge in [-0.25, -0.2) is 0 Å². The van der Waals surface area contributed by atoms with Crippen molar-refractivity contribution in [2.45, 2.75) is 26.8 Å². The van der Waals surface area contributed by atoms with Gasteiger partial charge < -0.3 is 19.3 Å². The first-order valence-corrected chi connectivity index (χ1v) is 8.13. The van der Waals surface area contributed by atoms with Gasteiger partial charge in [-0.2, -0.15) is 0 Å². The highest BCUT2D eigenvalue weighted by Crippen LogP contribution is 2.22. The van der Waals surface area contributed by atoms with Gasteiger partial charge in [0.25, 0.3) is 5.91 Å². The molecule has 1 atom stereocenters. The molecular formula is C18H22N2O4. The van der Waals surface area contributed by atoms with Gasteiger partial charge in [0.05, 0.1) is 13.2 Å². The van der Waals surface area contributed by atoms with E-state index >= 15 is 0 Å². The number of hydrogen-bond acceptors (Lipinski definition) is 5. The molecule has 0 aliphatic carbocycles. The summed E-state index contributed by atoms with van der Waals surface area (Å²) < 4.78 is 16.3. The highest BCUT2D eigenvalue weighted by molar-refractivity contribution is 5.92. The van der Waals surface area contributed by atoms with Crippen LogP contribution in [0, 0.1) is 19.8 Å². The summed E-state index contributed by atoms with van der Waals surface area (Å²) in [6.45, 7) is 6.34. The van der Waals surface area contributed by atoms with Crippen LogP contribution in [0.5, 0.6) is 5.75 Å². The maximum absolute atomic E-state index is 12.1. The molecule has 1 aliphatic rings. The second kappa shape index (κ2) is 7.49. The molecule has 1 aromatic heterocycles. The first-order chi connectivity index (χ1) is 11.6. The van der Waals surface area contributed by atoms with Crippen LogP contribution in [0.4, 0.5) is 0 Å². The lowest BCUT2D eigenvalue weighted by Gasteiger charge is -2.15. The van der Waals surface area contributed by atoms with Crippen LogP contribution in [0.3, 0.4) is 0 Å². The number of aromatic nitrogens is 1. The summed E-state index contributed by atoms with van der Waals surface area (Å²) in [6, 6.07) is 7.59. The molecule has 0 spiro atoms. The predicted molar refractivity (Wildman–Crippen MR) is 88.0 cm³/mol. The van der Waals surface area contributed by atoms with E-state index in [0.717, 1.165) is 36.5 Å². The van der Waals surface area contributed by atoms with E-state index in [1.54, 1.807) is 13.0 Å². The Hall–Kier alpha value is -2.34. The SMILES string of the molecule is Cc1ccc(CNC(=O)c2cc(C)on2)c(OCC2CCOC2)c1. The van der Waals surface area contributed by atoms with Crippen molar-refractivity contribution in [3.63, 3.8) is 0 Å². The van der Waals surface area contributed by atoms with Crippen LogP contribution in [0.1, 0.15) is 33.8 Å². The minimum Gasteiger partial charge on any atom is -0.493 e. The van der Waals surface area contributed by atoms with Crippen LogP contribution in [0.15, 0.2) is 28.8 Å². The number of amides is 1. The standard InChI is InChI=1S/C18H22N2O4/c1-12-3-4-15(9-19-18(21)16-8-13(2)24-20-16)17(7-12)23-11-14-5-6-22-10-14/h3-4,7-8,14H,5-6,9-11H2,1-2H3,(H,19,21). The first-order valence-electron chi connectivity index (χ1n) is 8.13. The van der Waals surface area contributed by atoms with Crippen LogP contribution in [-0.2, 0) is 11.3 Å². The van der Waals surface area contributed by atoms with E-state index in [2.05, 4.69) is 10.5 Å². The molecule has 1 amide bonds. The van der Waals surface area contributed by atoms with Crippen LogP contribution in [-0.4, -0.2) is 30.9 Å². The summed E-state index contributed by atoms with van der Waals surface area (Å²) in [5.74, 6) is 1.59. The van der Waals surface area contributed by atoms with Gasteiger partial charge in [-0.3, -0.25) is 4.79 Å². The molecule has 24 heavy (non-hydrogen) atoms. The average molecular weight is 330 g/mol. The summed E-state index contributed by atoms with van der Waals surface area (Å²) >= 11 is 0. The number of nitrogens with one attached hydrogen (secondary N) is 1. The Kier molecular flexibility index (Phi) is 5.15. The van der Waals surface area contributed by atoms with E-state index < -0.39 is 0 Å². The average Bonchev–Trinajstić information content (AvgIpc) is 3.23. The van der Waals surface area contributed by atoms with E-state index in [1.807, 2.05) is 25.1 Å². The number of aryl methyl sites for hydroxylation is 2. The minimum absolute atomic E-state index is 0.262. The van der Waals surface area contributed by atoms with Crippen molar-refractivity contribution >= 4 is 5.91 Å². The van der Waals surface area contributed by atoms with Gasteiger partial charge in [0.2, 0.25) is 0 Å². The molecule has 1 aliphatic heterocycles. The molecule has 0 radical (unpaired) electrons. The normalized spacial score (nSPS) is 17.0. The fraction of sp³-hybridized carbons (Fsp3) is 0.444. The van der Waals surface area contributed by atoms with Crippen LogP contribution < -0.4 is 10.1 Å². The molecule has 0 bridgehead atoms. The van der Waals surface area contributed by atoms with Crippen LogP contribution >= 0.6 is 0 Å². The van der Waals surface area contributed by atoms with Crippen molar-refractivity contribution in [3.8, 4) is 5.75 Å². The predicted octanol–water partition coefficient (Wildman–Crippen LogP) is 2.64. The van der Waals surface area contributed by atoms with Gasteiger partial charge in [0, 0.05) is 30.7 Å². The monoisotopic (exact) mass is 330 g/mol. The third kappa shape index (κ3) is 4.14. The number of nitrogens with zero attached hydrogens (tertiary/aromatic N) is 1. The smallest absolute Gasteiger partial charge is 0.273 e. The maximum Gasteiger partial charge on any atom is 0.273 e.